The van der Waals surface area contributed by atoms with Crippen LogP contribution in [0.5, 0.6) is 5.75 Å². The SMILES string of the molecule is CC(C)n1c(SCCCCOc2ccc(C(=O)/C=C/c3ccc(F)cc3)cc2)nnc1-c1ccncc1. The number of carbonyl (C=O) groups is 1. The van der Waals surface area contributed by atoms with Gasteiger partial charge in [0.2, 0.25) is 0 Å². The summed E-state index contributed by atoms with van der Waals surface area (Å²) < 4.78 is 21.0. The highest BCUT2D eigenvalue weighted by Gasteiger charge is 2.16. The number of hydrogen-bond acceptors (Lipinski definition) is 6. The van der Waals surface area contributed by atoms with E-state index in [9.17, 15) is 9.18 Å². The highest BCUT2D eigenvalue weighted by Crippen LogP contribution is 2.28. The predicted molar refractivity (Wildman–Crippen MR) is 145 cm³/mol. The van der Waals surface area contributed by atoms with Gasteiger partial charge in [-0.2, -0.15) is 0 Å². The van der Waals surface area contributed by atoms with Crippen molar-refractivity contribution in [2.75, 3.05) is 12.4 Å². The largest absolute Gasteiger partial charge is 0.494 e. The summed E-state index contributed by atoms with van der Waals surface area (Å²) in [4.78, 5) is 16.5. The molecular weight excluding hydrogens is 487 g/mol. The summed E-state index contributed by atoms with van der Waals surface area (Å²) in [6.07, 6.45) is 8.57. The van der Waals surface area contributed by atoms with Gasteiger partial charge >= 0.3 is 0 Å². The average Bonchev–Trinajstić information content (AvgIpc) is 3.35. The van der Waals surface area contributed by atoms with Gasteiger partial charge in [0.05, 0.1) is 6.61 Å². The molecule has 0 aliphatic carbocycles. The van der Waals surface area contributed by atoms with Crippen molar-refractivity contribution in [2.24, 2.45) is 0 Å². The third kappa shape index (κ3) is 7.36. The summed E-state index contributed by atoms with van der Waals surface area (Å²) in [7, 11) is 0. The molecule has 0 N–H and O–H groups in total. The Kier molecular flexibility index (Phi) is 9.21. The summed E-state index contributed by atoms with van der Waals surface area (Å²) in [5.41, 5.74) is 2.35. The smallest absolute Gasteiger partial charge is 0.191 e. The van der Waals surface area contributed by atoms with Crippen LogP contribution in [-0.2, 0) is 0 Å². The predicted octanol–water partition coefficient (Wildman–Crippen LogP) is 6.91. The number of ether oxygens (including phenoxy) is 1. The Morgan fingerprint density at radius 2 is 1.73 bits per heavy atom. The number of pyridine rings is 1. The van der Waals surface area contributed by atoms with Gasteiger partial charge in [0.15, 0.2) is 16.8 Å². The molecule has 4 rings (SSSR count). The van der Waals surface area contributed by atoms with Crippen LogP contribution in [0.25, 0.3) is 17.5 Å². The fraction of sp³-hybridized carbons (Fsp3) is 0.241. The molecule has 8 heteroatoms. The van der Waals surface area contributed by atoms with Crippen LogP contribution in [0, 0.1) is 5.82 Å². The maximum atomic E-state index is 13.0. The van der Waals surface area contributed by atoms with E-state index in [0.29, 0.717) is 12.2 Å². The fourth-order valence-corrected chi connectivity index (χ4v) is 4.72. The van der Waals surface area contributed by atoms with Gasteiger partial charge < -0.3 is 4.74 Å². The van der Waals surface area contributed by atoms with E-state index in [2.05, 4.69) is 33.6 Å². The lowest BCUT2D eigenvalue weighted by atomic mass is 10.1. The number of thioether (sulfide) groups is 1. The lowest BCUT2D eigenvalue weighted by molar-refractivity contribution is 0.104. The Hall–Kier alpha value is -3.78. The molecular formula is C29H29FN4O2S. The summed E-state index contributed by atoms with van der Waals surface area (Å²) in [5.74, 6) is 2.08. The number of hydrogen-bond donors (Lipinski definition) is 0. The van der Waals surface area contributed by atoms with E-state index in [1.165, 1.54) is 18.2 Å². The van der Waals surface area contributed by atoms with Crippen LogP contribution in [0.4, 0.5) is 4.39 Å². The second kappa shape index (κ2) is 13.0. The molecule has 0 saturated carbocycles. The van der Waals surface area contributed by atoms with Gasteiger partial charge in [0.25, 0.3) is 0 Å². The lowest BCUT2D eigenvalue weighted by Crippen LogP contribution is -2.05. The minimum Gasteiger partial charge on any atom is -0.494 e. The van der Waals surface area contributed by atoms with Crippen molar-refractivity contribution < 1.29 is 13.9 Å². The number of rotatable bonds is 12. The van der Waals surface area contributed by atoms with Crippen molar-refractivity contribution in [1.82, 2.24) is 19.7 Å². The van der Waals surface area contributed by atoms with Crippen LogP contribution in [-0.4, -0.2) is 37.9 Å². The number of allylic oxidation sites excluding steroid dienone is 1. The second-order valence-corrected chi connectivity index (χ2v) is 9.75. The van der Waals surface area contributed by atoms with E-state index in [4.69, 9.17) is 4.74 Å². The first-order valence-corrected chi connectivity index (χ1v) is 13.2. The van der Waals surface area contributed by atoms with Gasteiger partial charge in [-0.05, 0) is 86.9 Å². The molecule has 37 heavy (non-hydrogen) atoms. The van der Waals surface area contributed by atoms with Crippen molar-refractivity contribution in [1.29, 1.82) is 0 Å². The average molecular weight is 517 g/mol. The molecule has 2 aromatic heterocycles. The van der Waals surface area contributed by atoms with Crippen molar-refractivity contribution >= 4 is 23.6 Å². The Morgan fingerprint density at radius 3 is 2.43 bits per heavy atom. The van der Waals surface area contributed by atoms with Gasteiger partial charge in [0.1, 0.15) is 11.6 Å². The topological polar surface area (TPSA) is 69.9 Å². The molecule has 2 aromatic carbocycles. The zero-order valence-electron chi connectivity index (χ0n) is 20.9. The van der Waals surface area contributed by atoms with E-state index in [1.807, 2.05) is 12.1 Å². The maximum Gasteiger partial charge on any atom is 0.191 e. The van der Waals surface area contributed by atoms with Gasteiger partial charge in [-0.25, -0.2) is 4.39 Å². The van der Waals surface area contributed by atoms with E-state index in [1.54, 1.807) is 66.6 Å². The highest BCUT2D eigenvalue weighted by molar-refractivity contribution is 7.99. The molecule has 2 heterocycles. The van der Waals surface area contributed by atoms with Crippen molar-refractivity contribution in [2.45, 2.75) is 37.9 Å². The molecule has 0 fully saturated rings. The Bertz CT molecular complexity index is 1320. The molecule has 0 radical (unpaired) electrons. The first-order valence-electron chi connectivity index (χ1n) is 12.2. The molecule has 0 aliphatic heterocycles. The molecule has 0 atom stereocenters. The van der Waals surface area contributed by atoms with Crippen molar-refractivity contribution in [3.05, 3.63) is 96.1 Å². The quantitative estimate of drug-likeness (QED) is 0.0882. The minimum atomic E-state index is -0.302. The maximum absolute atomic E-state index is 13.0. The summed E-state index contributed by atoms with van der Waals surface area (Å²) in [6, 6.07) is 17.2. The molecule has 190 valence electrons. The van der Waals surface area contributed by atoms with Gasteiger partial charge in [-0.15, -0.1) is 10.2 Å². The standard InChI is InChI=1S/C29H29FN4O2S/c1-21(2)34-28(24-15-17-31-18-16-24)32-33-29(34)37-20-4-3-19-36-26-12-8-23(9-13-26)27(35)14-7-22-5-10-25(30)11-6-22/h5-18,21H,3-4,19-20H2,1-2H3/b14-7+. The normalized spacial score (nSPS) is 11.4. The summed E-state index contributed by atoms with van der Waals surface area (Å²) >= 11 is 1.70. The molecule has 0 bridgehead atoms. The highest BCUT2D eigenvalue weighted by atomic mass is 32.2. The van der Waals surface area contributed by atoms with Gasteiger partial charge in [-0.1, -0.05) is 30.0 Å². The molecule has 6 nitrogen and oxygen atoms in total. The molecule has 4 aromatic rings. The second-order valence-electron chi connectivity index (χ2n) is 8.68. The van der Waals surface area contributed by atoms with Crippen LogP contribution in [0.1, 0.15) is 48.7 Å². The molecule has 0 amide bonds. The van der Waals surface area contributed by atoms with Crippen LogP contribution >= 0.6 is 11.8 Å². The number of ketones is 1. The first-order chi connectivity index (χ1) is 18.0. The third-order valence-corrected chi connectivity index (χ3v) is 6.62. The van der Waals surface area contributed by atoms with Crippen LogP contribution in [0.3, 0.4) is 0 Å². The number of carbonyl (C=O) groups excluding carboxylic acids is 1. The Labute approximate surface area is 220 Å². The van der Waals surface area contributed by atoms with E-state index in [0.717, 1.165) is 46.5 Å². The molecule has 0 aliphatic rings. The third-order valence-electron chi connectivity index (χ3n) is 5.59. The van der Waals surface area contributed by atoms with Gasteiger partial charge in [0, 0.05) is 35.3 Å². The Morgan fingerprint density at radius 1 is 1.00 bits per heavy atom. The van der Waals surface area contributed by atoms with E-state index < -0.39 is 0 Å². The number of halogens is 1. The zero-order valence-corrected chi connectivity index (χ0v) is 21.7. The first kappa shape index (κ1) is 26.3. The molecule has 0 unspecified atom stereocenters. The Balaban J connectivity index is 1.20. The van der Waals surface area contributed by atoms with Crippen LogP contribution < -0.4 is 4.74 Å². The number of nitrogens with zero attached hydrogens (tertiary/aromatic N) is 4. The summed E-state index contributed by atoms with van der Waals surface area (Å²) in [6.45, 7) is 4.86. The zero-order chi connectivity index (χ0) is 26.0. The lowest BCUT2D eigenvalue weighted by Gasteiger charge is -2.13. The fourth-order valence-electron chi connectivity index (χ4n) is 3.65. The van der Waals surface area contributed by atoms with Crippen molar-refractivity contribution in [3.63, 3.8) is 0 Å². The molecule has 0 spiro atoms. The monoisotopic (exact) mass is 516 g/mol. The van der Waals surface area contributed by atoms with E-state index >= 15 is 0 Å². The van der Waals surface area contributed by atoms with Crippen LogP contribution in [0.15, 0.2) is 84.3 Å². The van der Waals surface area contributed by atoms with E-state index in [-0.39, 0.29) is 17.6 Å². The number of benzene rings is 2. The molecule has 0 saturated heterocycles. The van der Waals surface area contributed by atoms with Crippen LogP contribution in [0.2, 0.25) is 0 Å². The summed E-state index contributed by atoms with van der Waals surface area (Å²) in [5, 5.41) is 9.74. The van der Waals surface area contributed by atoms with Gasteiger partial charge in [-0.3, -0.25) is 14.3 Å². The van der Waals surface area contributed by atoms with Crippen molar-refractivity contribution in [3.8, 4) is 17.1 Å². The minimum absolute atomic E-state index is 0.116. The number of unbranched alkanes of at least 4 members (excludes halogenated alkanes) is 1. The number of aromatic nitrogens is 4.